The maximum Gasteiger partial charge on any atom is 0.133 e. The Kier molecular flexibility index (Phi) is 3.06. The number of aliphatic hydroxyl groups is 1. The van der Waals surface area contributed by atoms with Gasteiger partial charge in [-0.05, 0) is 37.6 Å². The molecule has 2 rings (SSSR count). The molecular formula is C13H15NO2. The van der Waals surface area contributed by atoms with E-state index in [1.165, 1.54) is 0 Å². The van der Waals surface area contributed by atoms with Crippen molar-refractivity contribution in [2.45, 2.75) is 26.4 Å². The molecule has 0 aliphatic carbocycles. The van der Waals surface area contributed by atoms with Crippen LogP contribution in [-0.2, 0) is 6.42 Å². The van der Waals surface area contributed by atoms with Gasteiger partial charge in [-0.2, -0.15) is 0 Å². The molecule has 0 radical (unpaired) electrons. The van der Waals surface area contributed by atoms with Crippen LogP contribution in [0, 0.1) is 13.8 Å². The van der Waals surface area contributed by atoms with E-state index in [1.54, 1.807) is 12.3 Å². The van der Waals surface area contributed by atoms with Gasteiger partial charge in [-0.3, -0.25) is 4.98 Å². The van der Waals surface area contributed by atoms with Crippen molar-refractivity contribution in [2.24, 2.45) is 0 Å². The van der Waals surface area contributed by atoms with Gasteiger partial charge in [0, 0.05) is 18.3 Å². The lowest BCUT2D eigenvalue weighted by Crippen LogP contribution is -2.03. The number of aryl methyl sites for hydroxylation is 2. The maximum atomic E-state index is 9.98. The largest absolute Gasteiger partial charge is 0.464 e. The van der Waals surface area contributed by atoms with Crippen LogP contribution in [0.25, 0.3) is 0 Å². The monoisotopic (exact) mass is 217 g/mol. The first kappa shape index (κ1) is 10.9. The highest BCUT2D eigenvalue weighted by atomic mass is 16.4. The Balaban J connectivity index is 2.13. The summed E-state index contributed by atoms with van der Waals surface area (Å²) in [6.45, 7) is 3.85. The van der Waals surface area contributed by atoms with Gasteiger partial charge in [0.15, 0.2) is 0 Å². The Labute approximate surface area is 94.8 Å². The second-order valence-electron chi connectivity index (χ2n) is 3.94. The average molecular weight is 217 g/mol. The van der Waals surface area contributed by atoms with Crippen molar-refractivity contribution in [2.75, 3.05) is 0 Å². The Hall–Kier alpha value is -1.61. The smallest absolute Gasteiger partial charge is 0.133 e. The molecule has 1 N–H and O–H groups in total. The third-order valence-corrected chi connectivity index (χ3v) is 2.59. The van der Waals surface area contributed by atoms with E-state index in [-0.39, 0.29) is 0 Å². The van der Waals surface area contributed by atoms with Crippen molar-refractivity contribution < 1.29 is 9.52 Å². The van der Waals surface area contributed by atoms with Crippen LogP contribution in [0.3, 0.4) is 0 Å². The molecule has 0 aromatic carbocycles. The third-order valence-electron chi connectivity index (χ3n) is 2.59. The van der Waals surface area contributed by atoms with Gasteiger partial charge in [0.25, 0.3) is 0 Å². The minimum absolute atomic E-state index is 0.486. The molecule has 3 heteroatoms. The summed E-state index contributed by atoms with van der Waals surface area (Å²) in [4.78, 5) is 4.25. The van der Waals surface area contributed by atoms with Crippen molar-refractivity contribution in [3.05, 3.63) is 53.2 Å². The lowest BCUT2D eigenvalue weighted by molar-refractivity contribution is 0.147. The topological polar surface area (TPSA) is 46.3 Å². The van der Waals surface area contributed by atoms with Crippen LogP contribution in [0.4, 0.5) is 0 Å². The highest BCUT2D eigenvalue weighted by Crippen LogP contribution is 2.20. The number of hydrogen-bond acceptors (Lipinski definition) is 3. The quantitative estimate of drug-likeness (QED) is 0.859. The molecule has 84 valence electrons. The zero-order valence-corrected chi connectivity index (χ0v) is 9.47. The van der Waals surface area contributed by atoms with Gasteiger partial charge in [-0.15, -0.1) is 0 Å². The van der Waals surface area contributed by atoms with E-state index in [0.717, 1.165) is 17.0 Å². The number of furan rings is 1. The normalized spacial score (nSPS) is 12.7. The highest BCUT2D eigenvalue weighted by Gasteiger charge is 2.13. The molecule has 2 aromatic heterocycles. The summed E-state index contributed by atoms with van der Waals surface area (Å²) in [7, 11) is 0. The van der Waals surface area contributed by atoms with Crippen LogP contribution in [0.1, 0.15) is 28.9 Å². The fraction of sp³-hybridized carbons (Fsp3) is 0.308. The molecule has 0 saturated heterocycles. The SMILES string of the molecule is Cc1ccc(C(O)Cc2ncccc2C)o1. The van der Waals surface area contributed by atoms with Crippen LogP contribution in [0.5, 0.6) is 0 Å². The molecule has 1 atom stereocenters. The van der Waals surface area contributed by atoms with E-state index in [1.807, 2.05) is 32.0 Å². The van der Waals surface area contributed by atoms with Crippen molar-refractivity contribution in [3.63, 3.8) is 0 Å². The summed E-state index contributed by atoms with van der Waals surface area (Å²) in [5.74, 6) is 1.41. The van der Waals surface area contributed by atoms with E-state index in [0.29, 0.717) is 12.2 Å². The van der Waals surface area contributed by atoms with Crippen LogP contribution in [0.15, 0.2) is 34.9 Å². The van der Waals surface area contributed by atoms with E-state index in [2.05, 4.69) is 4.98 Å². The number of nitrogens with zero attached hydrogens (tertiary/aromatic N) is 1. The van der Waals surface area contributed by atoms with Crippen molar-refractivity contribution in [1.29, 1.82) is 0 Å². The molecule has 2 aromatic rings. The standard InChI is InChI=1S/C13H15NO2/c1-9-4-3-7-14-11(9)8-12(15)13-6-5-10(2)16-13/h3-7,12,15H,8H2,1-2H3. The summed E-state index contributed by atoms with van der Waals surface area (Å²) in [6, 6.07) is 7.53. The van der Waals surface area contributed by atoms with Gasteiger partial charge in [0.1, 0.15) is 17.6 Å². The maximum absolute atomic E-state index is 9.98. The Morgan fingerprint density at radius 2 is 2.12 bits per heavy atom. The Morgan fingerprint density at radius 3 is 2.75 bits per heavy atom. The first-order valence-electron chi connectivity index (χ1n) is 5.31. The molecule has 0 amide bonds. The van der Waals surface area contributed by atoms with Gasteiger partial charge >= 0.3 is 0 Å². The van der Waals surface area contributed by atoms with Crippen LogP contribution >= 0.6 is 0 Å². The summed E-state index contributed by atoms with van der Waals surface area (Å²) in [5, 5.41) is 9.98. The number of aliphatic hydroxyl groups excluding tert-OH is 1. The zero-order chi connectivity index (χ0) is 11.5. The molecule has 0 fully saturated rings. The fourth-order valence-electron chi connectivity index (χ4n) is 1.65. The minimum Gasteiger partial charge on any atom is -0.464 e. The summed E-state index contributed by atoms with van der Waals surface area (Å²) < 4.78 is 5.38. The molecule has 0 spiro atoms. The summed E-state index contributed by atoms with van der Waals surface area (Å²) >= 11 is 0. The zero-order valence-electron chi connectivity index (χ0n) is 9.47. The molecule has 1 unspecified atom stereocenters. The van der Waals surface area contributed by atoms with Gasteiger partial charge < -0.3 is 9.52 Å². The van der Waals surface area contributed by atoms with Gasteiger partial charge in [-0.1, -0.05) is 6.07 Å². The van der Waals surface area contributed by atoms with Crippen molar-refractivity contribution in [3.8, 4) is 0 Å². The Bertz CT molecular complexity index is 476. The van der Waals surface area contributed by atoms with Gasteiger partial charge in [0.05, 0.1) is 0 Å². The van der Waals surface area contributed by atoms with Crippen molar-refractivity contribution >= 4 is 0 Å². The highest BCUT2D eigenvalue weighted by molar-refractivity contribution is 5.20. The average Bonchev–Trinajstić information content (AvgIpc) is 2.68. The summed E-state index contributed by atoms with van der Waals surface area (Å²) in [6.07, 6.45) is 1.60. The molecule has 16 heavy (non-hydrogen) atoms. The van der Waals surface area contributed by atoms with E-state index >= 15 is 0 Å². The molecule has 0 aliphatic heterocycles. The molecule has 0 bridgehead atoms. The number of aromatic nitrogens is 1. The molecule has 0 aliphatic rings. The number of rotatable bonds is 3. The van der Waals surface area contributed by atoms with Crippen LogP contribution < -0.4 is 0 Å². The van der Waals surface area contributed by atoms with Crippen LogP contribution in [0.2, 0.25) is 0 Å². The predicted molar refractivity (Wildman–Crippen MR) is 61.1 cm³/mol. The number of hydrogen-bond donors (Lipinski definition) is 1. The van der Waals surface area contributed by atoms with Crippen LogP contribution in [-0.4, -0.2) is 10.1 Å². The molecule has 2 heterocycles. The van der Waals surface area contributed by atoms with E-state index in [4.69, 9.17) is 4.42 Å². The van der Waals surface area contributed by atoms with E-state index in [9.17, 15) is 5.11 Å². The van der Waals surface area contributed by atoms with Crippen molar-refractivity contribution in [1.82, 2.24) is 4.98 Å². The van der Waals surface area contributed by atoms with E-state index < -0.39 is 6.10 Å². The van der Waals surface area contributed by atoms with Gasteiger partial charge in [-0.25, -0.2) is 0 Å². The first-order valence-corrected chi connectivity index (χ1v) is 5.31. The first-order chi connectivity index (χ1) is 7.66. The molecular weight excluding hydrogens is 202 g/mol. The van der Waals surface area contributed by atoms with Gasteiger partial charge in [0.2, 0.25) is 0 Å². The Morgan fingerprint density at radius 1 is 1.31 bits per heavy atom. The second kappa shape index (κ2) is 4.49. The predicted octanol–water partition coefficient (Wildman–Crippen LogP) is 2.57. The number of pyridine rings is 1. The third kappa shape index (κ3) is 2.31. The summed E-state index contributed by atoms with van der Waals surface area (Å²) in [5.41, 5.74) is 1.99. The molecule has 0 saturated carbocycles. The lowest BCUT2D eigenvalue weighted by Gasteiger charge is -2.08. The molecule has 3 nitrogen and oxygen atoms in total. The fourth-order valence-corrected chi connectivity index (χ4v) is 1.65. The minimum atomic E-state index is -0.623. The second-order valence-corrected chi connectivity index (χ2v) is 3.94. The lowest BCUT2D eigenvalue weighted by atomic mass is 10.1.